The SMILES string of the molecule is c1cc(-c2cccc(N(c3ccc(-c4cccc5c4oc4ccccc45)cc3)c3ccc(-c4cccc5c4oc4ccccc45)cc3)c2)cc(-c2cccc3ccccc23)c1. The van der Waals surface area contributed by atoms with Crippen LogP contribution in [0.15, 0.2) is 233 Å². The van der Waals surface area contributed by atoms with E-state index in [1.807, 2.05) is 24.3 Å². The monoisotopic (exact) mass is 779 g/mol. The summed E-state index contributed by atoms with van der Waals surface area (Å²) in [6.07, 6.45) is 0. The lowest BCUT2D eigenvalue weighted by Crippen LogP contribution is -2.10. The van der Waals surface area contributed by atoms with E-state index in [0.29, 0.717) is 0 Å². The average Bonchev–Trinajstić information content (AvgIpc) is 3.91. The third-order valence-corrected chi connectivity index (χ3v) is 12.1. The first-order valence-corrected chi connectivity index (χ1v) is 20.7. The fourth-order valence-electron chi connectivity index (χ4n) is 9.14. The van der Waals surface area contributed by atoms with Gasteiger partial charge in [-0.25, -0.2) is 0 Å². The standard InChI is InChI=1S/C58H37NO2/c1-2-18-47-38(12-1)13-9-21-48(47)43-16-7-14-41(36-43)42-15-8-17-46(37-42)59(44-32-28-39(29-33-44)49-22-10-24-53-51-19-3-5-26-55(51)60-57(49)53)45-34-30-40(31-35-45)50-23-11-25-54-52-20-4-6-27-56(52)61-58(50)54/h1-37H. The van der Waals surface area contributed by atoms with E-state index in [-0.39, 0.29) is 0 Å². The summed E-state index contributed by atoms with van der Waals surface area (Å²) in [5.74, 6) is 0. The molecule has 0 saturated heterocycles. The van der Waals surface area contributed by atoms with Crippen molar-refractivity contribution in [2.24, 2.45) is 0 Å². The molecule has 0 spiro atoms. The summed E-state index contributed by atoms with van der Waals surface area (Å²) in [6, 6.07) is 79.9. The summed E-state index contributed by atoms with van der Waals surface area (Å²) < 4.78 is 12.9. The lowest BCUT2D eigenvalue weighted by molar-refractivity contribution is 0.669. The number of benzene rings is 10. The molecule has 0 radical (unpaired) electrons. The van der Waals surface area contributed by atoms with Crippen LogP contribution in [-0.2, 0) is 0 Å². The van der Waals surface area contributed by atoms with Crippen LogP contribution in [0.25, 0.3) is 99.2 Å². The van der Waals surface area contributed by atoms with Gasteiger partial charge < -0.3 is 13.7 Å². The quantitative estimate of drug-likeness (QED) is 0.161. The van der Waals surface area contributed by atoms with Crippen molar-refractivity contribution in [2.75, 3.05) is 4.90 Å². The first kappa shape index (κ1) is 34.9. The van der Waals surface area contributed by atoms with E-state index in [9.17, 15) is 0 Å². The minimum Gasteiger partial charge on any atom is -0.455 e. The van der Waals surface area contributed by atoms with E-state index in [0.717, 1.165) is 94.3 Å². The maximum Gasteiger partial charge on any atom is 0.143 e. The Morgan fingerprint density at radius 2 is 0.705 bits per heavy atom. The molecule has 0 aliphatic heterocycles. The third kappa shape index (κ3) is 5.98. The molecule has 0 N–H and O–H groups in total. The van der Waals surface area contributed by atoms with E-state index in [1.54, 1.807) is 0 Å². The Bertz CT molecular complexity index is 3430. The van der Waals surface area contributed by atoms with Crippen molar-refractivity contribution in [3.8, 4) is 44.5 Å². The van der Waals surface area contributed by atoms with Gasteiger partial charge in [-0.2, -0.15) is 0 Å². The van der Waals surface area contributed by atoms with Crippen LogP contribution >= 0.6 is 0 Å². The van der Waals surface area contributed by atoms with Crippen LogP contribution in [0.1, 0.15) is 0 Å². The van der Waals surface area contributed by atoms with Gasteiger partial charge in [-0.1, -0.05) is 170 Å². The van der Waals surface area contributed by atoms with Gasteiger partial charge in [0.1, 0.15) is 22.3 Å². The van der Waals surface area contributed by atoms with Gasteiger partial charge in [-0.3, -0.25) is 0 Å². The minimum absolute atomic E-state index is 0.898. The molecule has 61 heavy (non-hydrogen) atoms. The number of fused-ring (bicyclic) bond motifs is 7. The number of furan rings is 2. The van der Waals surface area contributed by atoms with Gasteiger partial charge >= 0.3 is 0 Å². The predicted molar refractivity (Wildman–Crippen MR) is 255 cm³/mol. The molecule has 3 heteroatoms. The topological polar surface area (TPSA) is 29.5 Å². The highest BCUT2D eigenvalue weighted by Gasteiger charge is 2.18. The normalized spacial score (nSPS) is 11.6. The second-order valence-electron chi connectivity index (χ2n) is 15.6. The number of hydrogen-bond acceptors (Lipinski definition) is 3. The Hall–Kier alpha value is -8.14. The van der Waals surface area contributed by atoms with Crippen molar-refractivity contribution in [1.82, 2.24) is 0 Å². The molecule has 0 fully saturated rings. The molecule has 0 unspecified atom stereocenters. The number of para-hydroxylation sites is 4. The van der Waals surface area contributed by atoms with Gasteiger partial charge in [0.2, 0.25) is 0 Å². The molecule has 0 amide bonds. The van der Waals surface area contributed by atoms with Gasteiger partial charge in [-0.15, -0.1) is 0 Å². The van der Waals surface area contributed by atoms with Gasteiger partial charge in [0.05, 0.1) is 0 Å². The number of hydrogen-bond donors (Lipinski definition) is 0. The summed E-state index contributed by atoms with van der Waals surface area (Å²) >= 11 is 0. The molecule has 0 atom stereocenters. The highest BCUT2D eigenvalue weighted by atomic mass is 16.3. The summed E-state index contributed by atoms with van der Waals surface area (Å²) in [5.41, 5.74) is 15.8. The zero-order chi connectivity index (χ0) is 40.3. The van der Waals surface area contributed by atoms with E-state index < -0.39 is 0 Å². The summed E-state index contributed by atoms with van der Waals surface area (Å²) in [6.45, 7) is 0. The molecule has 0 aliphatic carbocycles. The largest absolute Gasteiger partial charge is 0.455 e. The average molecular weight is 780 g/mol. The molecule has 0 aliphatic rings. The first-order valence-electron chi connectivity index (χ1n) is 20.7. The molecule has 10 aromatic carbocycles. The molecular weight excluding hydrogens is 743 g/mol. The predicted octanol–water partition coefficient (Wildman–Crippen LogP) is 16.8. The van der Waals surface area contributed by atoms with Crippen LogP contribution in [-0.4, -0.2) is 0 Å². The van der Waals surface area contributed by atoms with Crippen LogP contribution in [0.4, 0.5) is 17.1 Å². The second kappa shape index (κ2) is 14.3. The van der Waals surface area contributed by atoms with Crippen molar-refractivity contribution >= 4 is 71.7 Å². The highest BCUT2D eigenvalue weighted by molar-refractivity contribution is 6.10. The van der Waals surface area contributed by atoms with Crippen molar-refractivity contribution in [2.45, 2.75) is 0 Å². The molecule has 286 valence electrons. The Labute approximate surface area is 353 Å². The molecule has 0 bridgehead atoms. The van der Waals surface area contributed by atoms with Crippen molar-refractivity contribution in [3.63, 3.8) is 0 Å². The number of rotatable bonds is 7. The smallest absolute Gasteiger partial charge is 0.143 e. The summed E-state index contributed by atoms with van der Waals surface area (Å²) in [5, 5.41) is 7.00. The second-order valence-corrected chi connectivity index (χ2v) is 15.6. The first-order chi connectivity index (χ1) is 30.2. The highest BCUT2D eigenvalue weighted by Crippen LogP contribution is 2.42. The lowest BCUT2D eigenvalue weighted by Gasteiger charge is -2.26. The van der Waals surface area contributed by atoms with Crippen LogP contribution < -0.4 is 4.90 Å². The van der Waals surface area contributed by atoms with Gasteiger partial charge in [0, 0.05) is 49.7 Å². The van der Waals surface area contributed by atoms with Crippen molar-refractivity contribution < 1.29 is 8.83 Å². The Morgan fingerprint density at radius 1 is 0.262 bits per heavy atom. The molecule has 12 aromatic rings. The van der Waals surface area contributed by atoms with Gasteiger partial charge in [0.15, 0.2) is 0 Å². The van der Waals surface area contributed by atoms with Crippen LogP contribution in [0.2, 0.25) is 0 Å². The van der Waals surface area contributed by atoms with Gasteiger partial charge in [-0.05, 0) is 98.8 Å². The fourth-order valence-corrected chi connectivity index (χ4v) is 9.14. The maximum atomic E-state index is 6.44. The van der Waals surface area contributed by atoms with E-state index in [2.05, 4.69) is 205 Å². The molecule has 2 aromatic heterocycles. The third-order valence-electron chi connectivity index (χ3n) is 12.1. The Balaban J connectivity index is 0.962. The van der Waals surface area contributed by atoms with Crippen LogP contribution in [0.3, 0.4) is 0 Å². The summed E-state index contributed by atoms with van der Waals surface area (Å²) in [7, 11) is 0. The van der Waals surface area contributed by atoms with Crippen LogP contribution in [0.5, 0.6) is 0 Å². The zero-order valence-corrected chi connectivity index (χ0v) is 33.1. The number of nitrogens with zero attached hydrogens (tertiary/aromatic N) is 1. The molecular formula is C58H37NO2. The number of anilines is 3. The maximum absolute atomic E-state index is 6.44. The van der Waals surface area contributed by atoms with Gasteiger partial charge in [0.25, 0.3) is 0 Å². The van der Waals surface area contributed by atoms with Crippen LogP contribution in [0, 0.1) is 0 Å². The van der Waals surface area contributed by atoms with E-state index in [4.69, 9.17) is 8.83 Å². The van der Waals surface area contributed by atoms with Crippen molar-refractivity contribution in [3.05, 3.63) is 224 Å². The minimum atomic E-state index is 0.898. The fraction of sp³-hybridized carbons (Fsp3) is 0. The molecule has 0 saturated carbocycles. The lowest BCUT2D eigenvalue weighted by atomic mass is 9.95. The van der Waals surface area contributed by atoms with E-state index >= 15 is 0 Å². The zero-order valence-electron chi connectivity index (χ0n) is 33.1. The molecule has 2 heterocycles. The van der Waals surface area contributed by atoms with Crippen molar-refractivity contribution in [1.29, 1.82) is 0 Å². The summed E-state index contributed by atoms with van der Waals surface area (Å²) in [4.78, 5) is 2.34. The molecule has 12 rings (SSSR count). The Morgan fingerprint density at radius 3 is 1.33 bits per heavy atom. The molecule has 3 nitrogen and oxygen atoms in total. The Kier molecular flexibility index (Phi) is 8.17. The van der Waals surface area contributed by atoms with E-state index in [1.165, 1.54) is 21.9 Å².